The van der Waals surface area contributed by atoms with Crippen LogP contribution in [0, 0.1) is 6.92 Å². The Morgan fingerprint density at radius 3 is 2.61 bits per heavy atom. The number of anilines is 2. The molecule has 112 valence electrons. The second-order valence-corrected chi connectivity index (χ2v) is 5.28. The average Bonchev–Trinajstić information content (AvgIpc) is 3.03. The first-order valence-electron chi connectivity index (χ1n) is 7.40. The van der Waals surface area contributed by atoms with Gasteiger partial charge in [-0.05, 0) is 36.8 Å². The van der Waals surface area contributed by atoms with Gasteiger partial charge in [0, 0.05) is 12.4 Å². The third-order valence-corrected chi connectivity index (χ3v) is 3.74. The second-order valence-electron chi connectivity index (χ2n) is 5.28. The molecule has 1 N–H and O–H groups in total. The Bertz CT molecular complexity index is 959. The van der Waals surface area contributed by atoms with Crippen molar-refractivity contribution in [2.24, 2.45) is 0 Å². The van der Waals surface area contributed by atoms with Crippen LogP contribution >= 0.6 is 0 Å². The van der Waals surface area contributed by atoms with Crippen LogP contribution in [0.15, 0.2) is 67.1 Å². The second kappa shape index (κ2) is 5.53. The van der Waals surface area contributed by atoms with Gasteiger partial charge in [0.25, 0.3) is 0 Å². The summed E-state index contributed by atoms with van der Waals surface area (Å²) in [5.74, 6) is 0.840. The van der Waals surface area contributed by atoms with E-state index < -0.39 is 0 Å². The van der Waals surface area contributed by atoms with Crippen LogP contribution in [0.4, 0.5) is 11.5 Å². The number of para-hydroxylation sites is 1. The smallest absolute Gasteiger partial charge is 0.164 e. The lowest BCUT2D eigenvalue weighted by Crippen LogP contribution is -1.99. The number of hydrogen-bond donors (Lipinski definition) is 1. The van der Waals surface area contributed by atoms with E-state index in [4.69, 9.17) is 0 Å². The van der Waals surface area contributed by atoms with E-state index in [-0.39, 0.29) is 0 Å². The van der Waals surface area contributed by atoms with Gasteiger partial charge in [0.05, 0.1) is 23.0 Å². The Labute approximate surface area is 133 Å². The molecule has 5 nitrogen and oxygen atoms in total. The number of benzene rings is 1. The van der Waals surface area contributed by atoms with Crippen LogP contribution in [-0.2, 0) is 0 Å². The number of hydrogen-bond acceptors (Lipinski definition) is 4. The van der Waals surface area contributed by atoms with Gasteiger partial charge in [0.1, 0.15) is 5.82 Å². The molecule has 0 saturated carbocycles. The van der Waals surface area contributed by atoms with E-state index in [1.165, 1.54) is 0 Å². The summed E-state index contributed by atoms with van der Waals surface area (Å²) in [6.45, 7) is 2.03. The van der Waals surface area contributed by atoms with E-state index in [9.17, 15) is 0 Å². The molecule has 0 bridgehead atoms. The minimum atomic E-state index is 0.815. The molecule has 3 heterocycles. The van der Waals surface area contributed by atoms with Crippen molar-refractivity contribution >= 4 is 22.5 Å². The fourth-order valence-electron chi connectivity index (χ4n) is 2.54. The summed E-state index contributed by atoms with van der Waals surface area (Å²) in [6.07, 6.45) is 5.39. The molecule has 0 radical (unpaired) electrons. The number of aromatic nitrogens is 4. The minimum absolute atomic E-state index is 0.815. The van der Waals surface area contributed by atoms with Crippen molar-refractivity contribution in [3.05, 3.63) is 72.7 Å². The summed E-state index contributed by atoms with van der Waals surface area (Å²) in [4.78, 5) is 8.87. The Hall–Kier alpha value is -3.21. The van der Waals surface area contributed by atoms with Crippen LogP contribution < -0.4 is 5.32 Å². The summed E-state index contributed by atoms with van der Waals surface area (Å²) in [5.41, 5.74) is 3.84. The van der Waals surface area contributed by atoms with Gasteiger partial charge in [0.2, 0.25) is 0 Å². The standard InChI is InChI=1S/C18H15N5/c1-13-6-5-10-19-17(13)22-16-9-11-20-18-15(16)12-21-23(18)14-7-3-2-4-8-14/h2-12H,1H3,(H,19,20,22). The van der Waals surface area contributed by atoms with Crippen LogP contribution in [0.5, 0.6) is 0 Å². The van der Waals surface area contributed by atoms with Crippen LogP contribution in [0.2, 0.25) is 0 Å². The van der Waals surface area contributed by atoms with Crippen LogP contribution in [0.1, 0.15) is 5.56 Å². The van der Waals surface area contributed by atoms with E-state index in [1.807, 2.05) is 66.3 Å². The molecule has 0 atom stereocenters. The lowest BCUT2D eigenvalue weighted by molar-refractivity contribution is 0.897. The van der Waals surface area contributed by atoms with Gasteiger partial charge in [-0.15, -0.1) is 0 Å². The van der Waals surface area contributed by atoms with Gasteiger partial charge in [-0.1, -0.05) is 24.3 Å². The largest absolute Gasteiger partial charge is 0.339 e. The van der Waals surface area contributed by atoms with Gasteiger partial charge < -0.3 is 5.32 Å². The third kappa shape index (κ3) is 2.42. The monoisotopic (exact) mass is 301 g/mol. The minimum Gasteiger partial charge on any atom is -0.339 e. The molecular formula is C18H15N5. The fourth-order valence-corrected chi connectivity index (χ4v) is 2.54. The molecule has 0 amide bonds. The Morgan fingerprint density at radius 1 is 0.913 bits per heavy atom. The Kier molecular flexibility index (Phi) is 3.24. The summed E-state index contributed by atoms with van der Waals surface area (Å²) >= 11 is 0. The summed E-state index contributed by atoms with van der Waals surface area (Å²) in [6, 6.07) is 15.9. The highest BCUT2D eigenvalue weighted by Crippen LogP contribution is 2.26. The average molecular weight is 301 g/mol. The highest BCUT2D eigenvalue weighted by Gasteiger charge is 2.10. The summed E-state index contributed by atoms with van der Waals surface area (Å²) in [5, 5.41) is 8.82. The Morgan fingerprint density at radius 2 is 1.78 bits per heavy atom. The van der Waals surface area contributed by atoms with Crippen molar-refractivity contribution in [2.75, 3.05) is 5.32 Å². The molecule has 0 aliphatic rings. The maximum Gasteiger partial charge on any atom is 0.164 e. The molecule has 3 aromatic heterocycles. The van der Waals surface area contributed by atoms with Crippen LogP contribution in [-0.4, -0.2) is 19.7 Å². The van der Waals surface area contributed by atoms with Gasteiger partial charge in [0.15, 0.2) is 5.65 Å². The van der Waals surface area contributed by atoms with Crippen molar-refractivity contribution in [1.82, 2.24) is 19.7 Å². The van der Waals surface area contributed by atoms with Crippen molar-refractivity contribution in [3.8, 4) is 5.69 Å². The number of nitrogens with zero attached hydrogens (tertiary/aromatic N) is 4. The maximum absolute atomic E-state index is 4.48. The van der Waals surface area contributed by atoms with Gasteiger partial charge in [-0.2, -0.15) is 5.10 Å². The van der Waals surface area contributed by atoms with Crippen LogP contribution in [0.25, 0.3) is 16.7 Å². The van der Waals surface area contributed by atoms with E-state index in [0.717, 1.165) is 33.8 Å². The maximum atomic E-state index is 4.48. The lowest BCUT2D eigenvalue weighted by atomic mass is 10.2. The molecule has 4 rings (SSSR count). The van der Waals surface area contributed by atoms with Crippen molar-refractivity contribution < 1.29 is 0 Å². The number of fused-ring (bicyclic) bond motifs is 1. The first kappa shape index (κ1) is 13.5. The first-order valence-corrected chi connectivity index (χ1v) is 7.40. The SMILES string of the molecule is Cc1cccnc1Nc1ccnc2c1cnn2-c1ccccc1. The van der Waals surface area contributed by atoms with Gasteiger partial charge >= 0.3 is 0 Å². The van der Waals surface area contributed by atoms with E-state index >= 15 is 0 Å². The fraction of sp³-hybridized carbons (Fsp3) is 0.0556. The van der Waals surface area contributed by atoms with E-state index in [0.29, 0.717) is 0 Å². The summed E-state index contributed by atoms with van der Waals surface area (Å²) < 4.78 is 1.84. The number of aryl methyl sites for hydroxylation is 1. The third-order valence-electron chi connectivity index (χ3n) is 3.74. The van der Waals surface area contributed by atoms with Crippen LogP contribution in [0.3, 0.4) is 0 Å². The predicted molar refractivity (Wildman–Crippen MR) is 91.1 cm³/mol. The molecule has 0 saturated heterocycles. The lowest BCUT2D eigenvalue weighted by Gasteiger charge is -2.09. The van der Waals surface area contributed by atoms with E-state index in [2.05, 4.69) is 20.4 Å². The number of pyridine rings is 2. The molecule has 0 fully saturated rings. The zero-order valence-corrected chi connectivity index (χ0v) is 12.6. The number of nitrogens with one attached hydrogen (secondary N) is 1. The number of rotatable bonds is 3. The van der Waals surface area contributed by atoms with Gasteiger partial charge in [-0.25, -0.2) is 14.6 Å². The van der Waals surface area contributed by atoms with Gasteiger partial charge in [-0.3, -0.25) is 0 Å². The molecule has 0 aliphatic heterocycles. The normalized spacial score (nSPS) is 10.8. The zero-order valence-electron chi connectivity index (χ0n) is 12.6. The molecular weight excluding hydrogens is 286 g/mol. The molecule has 1 aromatic carbocycles. The molecule has 0 spiro atoms. The zero-order chi connectivity index (χ0) is 15.6. The molecule has 23 heavy (non-hydrogen) atoms. The molecule has 4 aromatic rings. The molecule has 0 aliphatic carbocycles. The topological polar surface area (TPSA) is 55.6 Å². The molecule has 0 unspecified atom stereocenters. The first-order chi connectivity index (χ1) is 11.3. The Balaban J connectivity index is 1.81. The molecule has 5 heteroatoms. The quantitative estimate of drug-likeness (QED) is 0.624. The van der Waals surface area contributed by atoms with Crippen molar-refractivity contribution in [1.29, 1.82) is 0 Å². The summed E-state index contributed by atoms with van der Waals surface area (Å²) in [7, 11) is 0. The van der Waals surface area contributed by atoms with Crippen molar-refractivity contribution in [3.63, 3.8) is 0 Å². The highest BCUT2D eigenvalue weighted by molar-refractivity contribution is 5.91. The predicted octanol–water partition coefficient (Wildman–Crippen LogP) is 3.87. The van der Waals surface area contributed by atoms with Crippen molar-refractivity contribution in [2.45, 2.75) is 6.92 Å². The van der Waals surface area contributed by atoms with E-state index in [1.54, 1.807) is 12.4 Å². The highest BCUT2D eigenvalue weighted by atomic mass is 15.3.